The lowest BCUT2D eigenvalue weighted by Crippen LogP contribution is -2.50. The van der Waals surface area contributed by atoms with Crippen LogP contribution in [0.3, 0.4) is 0 Å². The molecule has 0 fully saturated rings. The molecule has 0 spiro atoms. The third kappa shape index (κ3) is 6.37. The highest BCUT2D eigenvalue weighted by atomic mass is 28.4. The number of hydrogen-bond donors (Lipinski definition) is 1. The van der Waals surface area contributed by atoms with Crippen LogP contribution in [0.1, 0.15) is 34.1 Å². The van der Waals surface area contributed by atoms with E-state index in [0.717, 1.165) is 6.42 Å². The summed E-state index contributed by atoms with van der Waals surface area (Å²) in [6, 6.07) is 0. The zero-order valence-corrected chi connectivity index (χ0v) is 13.7. The van der Waals surface area contributed by atoms with Crippen LogP contribution in [0.2, 0.25) is 5.54 Å². The summed E-state index contributed by atoms with van der Waals surface area (Å²) in [6.45, 7) is 10.0. The quantitative estimate of drug-likeness (QED) is 0.625. The van der Waals surface area contributed by atoms with Gasteiger partial charge in [0.15, 0.2) is 0 Å². The predicted molar refractivity (Wildman–Crippen MR) is 75.1 cm³/mol. The SMILES string of the molecule is CCO[Si](OCC)(OCC)C(C)CCNC(=O)OC. The van der Waals surface area contributed by atoms with Crippen LogP contribution in [0.15, 0.2) is 0 Å². The molecular formula is C12H27NO5Si. The summed E-state index contributed by atoms with van der Waals surface area (Å²) in [5.74, 6) is 0. The molecule has 19 heavy (non-hydrogen) atoms. The van der Waals surface area contributed by atoms with Crippen molar-refractivity contribution in [1.29, 1.82) is 0 Å². The summed E-state index contributed by atoms with van der Waals surface area (Å²) < 4.78 is 21.9. The second kappa shape index (κ2) is 10.2. The lowest BCUT2D eigenvalue weighted by molar-refractivity contribution is 0.0614. The van der Waals surface area contributed by atoms with Crippen LogP contribution in [-0.2, 0) is 18.0 Å². The molecule has 0 aromatic rings. The molecular weight excluding hydrogens is 266 g/mol. The second-order valence-electron chi connectivity index (χ2n) is 4.01. The summed E-state index contributed by atoms with van der Waals surface area (Å²) in [5, 5.41) is 2.66. The fraction of sp³-hybridized carbons (Fsp3) is 0.917. The van der Waals surface area contributed by atoms with E-state index >= 15 is 0 Å². The van der Waals surface area contributed by atoms with Crippen molar-refractivity contribution in [2.45, 2.75) is 39.7 Å². The zero-order chi connectivity index (χ0) is 14.7. The number of carbonyl (C=O) groups is 1. The zero-order valence-electron chi connectivity index (χ0n) is 12.7. The monoisotopic (exact) mass is 293 g/mol. The van der Waals surface area contributed by atoms with Gasteiger partial charge < -0.3 is 23.3 Å². The minimum atomic E-state index is -2.67. The Kier molecular flexibility index (Phi) is 9.85. The summed E-state index contributed by atoms with van der Waals surface area (Å²) in [7, 11) is -1.33. The van der Waals surface area contributed by atoms with E-state index < -0.39 is 14.9 Å². The summed E-state index contributed by atoms with van der Waals surface area (Å²) in [6.07, 6.45) is 0.296. The molecule has 1 atom stereocenters. The van der Waals surface area contributed by atoms with Crippen LogP contribution in [0.25, 0.3) is 0 Å². The highest BCUT2D eigenvalue weighted by Gasteiger charge is 2.46. The first-order chi connectivity index (χ1) is 9.06. The predicted octanol–water partition coefficient (Wildman–Crippen LogP) is 2.17. The van der Waals surface area contributed by atoms with Gasteiger partial charge in [0.2, 0.25) is 0 Å². The maximum absolute atomic E-state index is 11.0. The molecule has 0 aromatic heterocycles. The van der Waals surface area contributed by atoms with Gasteiger partial charge in [-0.05, 0) is 27.2 Å². The fourth-order valence-electron chi connectivity index (χ4n) is 1.80. The smallest absolute Gasteiger partial charge is 0.453 e. The molecule has 0 saturated carbocycles. The number of amides is 1. The molecule has 1 amide bonds. The van der Waals surface area contributed by atoms with E-state index in [9.17, 15) is 4.79 Å². The number of methoxy groups -OCH3 is 1. The molecule has 0 aliphatic heterocycles. The molecule has 0 aliphatic rings. The largest absolute Gasteiger partial charge is 0.503 e. The normalized spacial score (nSPS) is 13.1. The Morgan fingerprint density at radius 2 is 1.58 bits per heavy atom. The van der Waals surface area contributed by atoms with Crippen molar-refractivity contribution in [3.8, 4) is 0 Å². The minimum absolute atomic E-state index is 0.115. The topological polar surface area (TPSA) is 66.0 Å². The van der Waals surface area contributed by atoms with Crippen molar-refractivity contribution in [1.82, 2.24) is 5.32 Å². The van der Waals surface area contributed by atoms with Gasteiger partial charge in [-0.2, -0.15) is 0 Å². The lowest BCUT2D eigenvalue weighted by atomic mass is 10.3. The van der Waals surface area contributed by atoms with Crippen molar-refractivity contribution in [3.63, 3.8) is 0 Å². The average molecular weight is 293 g/mol. The molecule has 0 rings (SSSR count). The highest BCUT2D eigenvalue weighted by molar-refractivity contribution is 6.62. The maximum atomic E-state index is 11.0. The Balaban J connectivity index is 4.50. The van der Waals surface area contributed by atoms with E-state index in [1.807, 2.05) is 27.7 Å². The van der Waals surface area contributed by atoms with Crippen molar-refractivity contribution in [2.75, 3.05) is 33.5 Å². The van der Waals surface area contributed by atoms with Gasteiger partial charge in [-0.15, -0.1) is 0 Å². The summed E-state index contributed by atoms with van der Waals surface area (Å²) >= 11 is 0. The molecule has 0 aromatic carbocycles. The van der Waals surface area contributed by atoms with Crippen LogP contribution in [0, 0.1) is 0 Å². The molecule has 0 saturated heterocycles. The molecule has 1 N–H and O–H groups in total. The number of rotatable bonds is 10. The Labute approximate surface area is 117 Å². The third-order valence-electron chi connectivity index (χ3n) is 2.67. The molecule has 1 unspecified atom stereocenters. The highest BCUT2D eigenvalue weighted by Crippen LogP contribution is 2.28. The van der Waals surface area contributed by atoms with Gasteiger partial charge in [0.1, 0.15) is 0 Å². The van der Waals surface area contributed by atoms with Gasteiger partial charge >= 0.3 is 14.9 Å². The van der Waals surface area contributed by atoms with Crippen molar-refractivity contribution in [3.05, 3.63) is 0 Å². The standard InChI is InChI=1S/C12H27NO5Si/c1-6-16-19(17-7-2,18-8-3)11(4)9-10-13-12(14)15-5/h11H,6-10H2,1-5H3,(H,13,14). The number of carbonyl (C=O) groups excluding carboxylic acids is 1. The van der Waals surface area contributed by atoms with E-state index in [-0.39, 0.29) is 5.54 Å². The Hall–Kier alpha value is -0.633. The van der Waals surface area contributed by atoms with Gasteiger partial charge in [-0.1, -0.05) is 6.92 Å². The molecule has 0 aliphatic carbocycles. The third-order valence-corrected chi connectivity index (χ3v) is 6.24. The van der Waals surface area contributed by atoms with E-state index in [4.69, 9.17) is 13.3 Å². The first-order valence-electron chi connectivity index (χ1n) is 6.79. The molecule has 0 radical (unpaired) electrons. The van der Waals surface area contributed by atoms with E-state index in [0.29, 0.717) is 26.4 Å². The minimum Gasteiger partial charge on any atom is -0.453 e. The van der Waals surface area contributed by atoms with Crippen LogP contribution in [0.5, 0.6) is 0 Å². The van der Waals surface area contributed by atoms with Crippen molar-refractivity contribution >= 4 is 14.9 Å². The molecule has 6 nitrogen and oxygen atoms in total. The maximum Gasteiger partial charge on any atom is 0.503 e. The van der Waals surface area contributed by atoms with Crippen LogP contribution in [0.4, 0.5) is 4.79 Å². The second-order valence-corrected chi connectivity index (χ2v) is 7.07. The number of ether oxygens (including phenoxy) is 1. The lowest BCUT2D eigenvalue weighted by Gasteiger charge is -2.33. The summed E-state index contributed by atoms with van der Waals surface area (Å²) in [4.78, 5) is 11.0. The number of alkyl carbamates (subject to hydrolysis) is 1. The van der Waals surface area contributed by atoms with Gasteiger partial charge in [-0.3, -0.25) is 0 Å². The summed E-state index contributed by atoms with van der Waals surface area (Å²) in [5.41, 5.74) is 0.115. The first kappa shape index (κ1) is 18.4. The number of hydrogen-bond acceptors (Lipinski definition) is 5. The van der Waals surface area contributed by atoms with Gasteiger partial charge in [-0.25, -0.2) is 4.79 Å². The van der Waals surface area contributed by atoms with Crippen LogP contribution >= 0.6 is 0 Å². The number of nitrogens with one attached hydrogen (secondary N) is 1. The van der Waals surface area contributed by atoms with Crippen molar-refractivity contribution < 1.29 is 22.8 Å². The van der Waals surface area contributed by atoms with Gasteiger partial charge in [0.25, 0.3) is 0 Å². The van der Waals surface area contributed by atoms with Gasteiger partial charge in [0.05, 0.1) is 7.11 Å². The van der Waals surface area contributed by atoms with Crippen LogP contribution in [-0.4, -0.2) is 48.4 Å². The molecule has 0 heterocycles. The Morgan fingerprint density at radius 3 is 1.95 bits per heavy atom. The average Bonchev–Trinajstić information content (AvgIpc) is 2.39. The van der Waals surface area contributed by atoms with E-state index in [2.05, 4.69) is 10.1 Å². The van der Waals surface area contributed by atoms with Gasteiger partial charge in [0, 0.05) is 31.9 Å². The fourth-order valence-corrected chi connectivity index (χ4v) is 4.60. The van der Waals surface area contributed by atoms with Crippen molar-refractivity contribution in [2.24, 2.45) is 0 Å². The first-order valence-corrected chi connectivity index (χ1v) is 8.60. The molecule has 7 heteroatoms. The molecule has 114 valence electrons. The Bertz CT molecular complexity index is 235. The van der Waals surface area contributed by atoms with Crippen LogP contribution < -0.4 is 5.32 Å². The molecule has 0 bridgehead atoms. The van der Waals surface area contributed by atoms with E-state index in [1.54, 1.807) is 0 Å². The Morgan fingerprint density at radius 1 is 1.11 bits per heavy atom. The van der Waals surface area contributed by atoms with E-state index in [1.165, 1.54) is 7.11 Å².